The summed E-state index contributed by atoms with van der Waals surface area (Å²) in [4.78, 5) is 0. The summed E-state index contributed by atoms with van der Waals surface area (Å²) in [6.07, 6.45) is 0.563. The van der Waals surface area contributed by atoms with Gasteiger partial charge in [0.05, 0.1) is 11.8 Å². The number of fused-ring (bicyclic) bond motifs is 3. The number of benzene rings is 3. The van der Waals surface area contributed by atoms with Gasteiger partial charge in [-0.25, -0.2) is 5.01 Å². The van der Waals surface area contributed by atoms with Gasteiger partial charge >= 0.3 is 0 Å². The van der Waals surface area contributed by atoms with E-state index in [1.807, 2.05) is 54.6 Å². The molecule has 0 aliphatic carbocycles. The first-order valence-corrected chi connectivity index (χ1v) is 9.99. The number of halogens is 2. The van der Waals surface area contributed by atoms with Crippen LogP contribution < -0.4 is 4.74 Å². The van der Waals surface area contributed by atoms with Gasteiger partial charge in [0, 0.05) is 27.0 Å². The Morgan fingerprint density at radius 1 is 0.926 bits per heavy atom. The number of hydrazone groups is 1. The van der Waals surface area contributed by atoms with Crippen molar-refractivity contribution in [3.05, 3.63) is 99.0 Å². The lowest BCUT2D eigenvalue weighted by atomic mass is 9.96. The standard InChI is InChI=1S/C22H16BrClN2O/c23-18-7-3-1-5-16(18)22-26-20(17-6-2-4-8-21(17)27-22)13-19(25-26)14-9-11-15(24)12-10-14/h1-12,20,22H,13H2/t20-,22-/m0/s1. The maximum atomic E-state index is 6.38. The van der Waals surface area contributed by atoms with Gasteiger partial charge in [-0.3, -0.25) is 0 Å². The Kier molecular flexibility index (Phi) is 4.18. The average Bonchev–Trinajstić information content (AvgIpc) is 3.14. The van der Waals surface area contributed by atoms with Crippen molar-refractivity contribution < 1.29 is 4.74 Å². The second-order valence-corrected chi connectivity index (χ2v) is 7.97. The molecular formula is C22H16BrClN2O. The molecule has 3 aromatic rings. The fraction of sp³-hybridized carbons (Fsp3) is 0.136. The molecule has 5 heteroatoms. The second kappa shape index (κ2) is 6.70. The van der Waals surface area contributed by atoms with Crippen LogP contribution in [0.2, 0.25) is 5.02 Å². The second-order valence-electron chi connectivity index (χ2n) is 6.68. The minimum atomic E-state index is -0.273. The third-order valence-corrected chi connectivity index (χ3v) is 6.02. The summed E-state index contributed by atoms with van der Waals surface area (Å²) in [5.41, 5.74) is 4.39. The number of rotatable bonds is 2. The van der Waals surface area contributed by atoms with Gasteiger partial charge < -0.3 is 4.74 Å². The molecule has 0 N–H and O–H groups in total. The van der Waals surface area contributed by atoms with Crippen LogP contribution in [0.5, 0.6) is 5.75 Å². The van der Waals surface area contributed by atoms with Gasteiger partial charge in [-0.15, -0.1) is 0 Å². The first kappa shape index (κ1) is 16.8. The zero-order valence-corrected chi connectivity index (χ0v) is 16.7. The molecule has 0 amide bonds. The van der Waals surface area contributed by atoms with Crippen molar-refractivity contribution in [3.63, 3.8) is 0 Å². The highest BCUT2D eigenvalue weighted by Crippen LogP contribution is 2.48. The molecule has 0 spiro atoms. The molecule has 0 radical (unpaired) electrons. The molecule has 5 rings (SSSR count). The van der Waals surface area contributed by atoms with Crippen LogP contribution >= 0.6 is 27.5 Å². The maximum absolute atomic E-state index is 6.38. The van der Waals surface area contributed by atoms with E-state index in [2.05, 4.69) is 39.1 Å². The molecule has 2 aliphatic heterocycles. The van der Waals surface area contributed by atoms with Gasteiger partial charge in [0.2, 0.25) is 6.23 Å². The Hall–Kier alpha value is -2.30. The van der Waals surface area contributed by atoms with Crippen LogP contribution in [0.1, 0.15) is 35.4 Å². The predicted octanol–water partition coefficient (Wildman–Crippen LogP) is 6.34. The normalized spacial score (nSPS) is 20.5. The topological polar surface area (TPSA) is 24.8 Å². The summed E-state index contributed by atoms with van der Waals surface area (Å²) >= 11 is 9.72. The molecule has 2 aliphatic rings. The highest BCUT2D eigenvalue weighted by molar-refractivity contribution is 9.10. The van der Waals surface area contributed by atoms with E-state index in [0.29, 0.717) is 0 Å². The molecule has 0 saturated heterocycles. The molecule has 0 unspecified atom stereocenters. The van der Waals surface area contributed by atoms with Gasteiger partial charge in [-0.05, 0) is 29.8 Å². The summed E-state index contributed by atoms with van der Waals surface area (Å²) in [6, 6.07) is 24.4. The van der Waals surface area contributed by atoms with Crippen LogP contribution in [0.4, 0.5) is 0 Å². The van der Waals surface area contributed by atoms with Crippen molar-refractivity contribution in [2.24, 2.45) is 5.10 Å². The van der Waals surface area contributed by atoms with Gasteiger partial charge in [-0.1, -0.05) is 76.1 Å². The predicted molar refractivity (Wildman–Crippen MR) is 111 cm³/mol. The van der Waals surface area contributed by atoms with E-state index in [9.17, 15) is 0 Å². The molecule has 0 aromatic heterocycles. The summed E-state index contributed by atoms with van der Waals surface area (Å²) in [5, 5.41) is 7.79. The average molecular weight is 440 g/mol. The largest absolute Gasteiger partial charge is 0.464 e. The van der Waals surface area contributed by atoms with Crippen LogP contribution in [0.15, 0.2) is 82.4 Å². The van der Waals surface area contributed by atoms with E-state index in [1.54, 1.807) is 0 Å². The Labute approximate surface area is 171 Å². The molecule has 0 saturated carbocycles. The molecule has 3 aromatic carbocycles. The fourth-order valence-corrected chi connectivity index (χ4v) is 4.34. The summed E-state index contributed by atoms with van der Waals surface area (Å²) in [5.74, 6) is 0.923. The fourth-order valence-electron chi connectivity index (χ4n) is 3.73. The van der Waals surface area contributed by atoms with E-state index in [0.717, 1.165) is 38.5 Å². The minimum absolute atomic E-state index is 0.151. The van der Waals surface area contributed by atoms with E-state index in [1.165, 1.54) is 5.56 Å². The van der Waals surface area contributed by atoms with E-state index in [-0.39, 0.29) is 12.3 Å². The molecule has 27 heavy (non-hydrogen) atoms. The summed E-state index contributed by atoms with van der Waals surface area (Å²) < 4.78 is 7.40. The smallest absolute Gasteiger partial charge is 0.214 e. The van der Waals surface area contributed by atoms with Crippen molar-refractivity contribution in [1.29, 1.82) is 0 Å². The zero-order valence-electron chi connectivity index (χ0n) is 14.3. The Morgan fingerprint density at radius 3 is 2.41 bits per heavy atom. The van der Waals surface area contributed by atoms with Crippen LogP contribution in [-0.4, -0.2) is 10.7 Å². The molecule has 134 valence electrons. The molecule has 2 atom stereocenters. The van der Waals surface area contributed by atoms with Crippen molar-refractivity contribution in [2.45, 2.75) is 18.7 Å². The van der Waals surface area contributed by atoms with Gasteiger partial charge in [0.25, 0.3) is 0 Å². The van der Waals surface area contributed by atoms with Crippen molar-refractivity contribution in [1.82, 2.24) is 5.01 Å². The van der Waals surface area contributed by atoms with Crippen molar-refractivity contribution >= 4 is 33.2 Å². The lowest BCUT2D eigenvalue weighted by Crippen LogP contribution is -2.33. The first-order chi connectivity index (χ1) is 13.2. The van der Waals surface area contributed by atoms with Crippen LogP contribution in [-0.2, 0) is 0 Å². The summed E-state index contributed by atoms with van der Waals surface area (Å²) in [7, 11) is 0. The number of para-hydroxylation sites is 1. The Bertz CT molecular complexity index is 1030. The van der Waals surface area contributed by atoms with Gasteiger partial charge in [0.15, 0.2) is 0 Å². The molecular weight excluding hydrogens is 424 g/mol. The highest BCUT2D eigenvalue weighted by atomic mass is 79.9. The maximum Gasteiger partial charge on any atom is 0.214 e. The summed E-state index contributed by atoms with van der Waals surface area (Å²) in [6.45, 7) is 0. The number of hydrogen-bond acceptors (Lipinski definition) is 3. The van der Waals surface area contributed by atoms with Crippen LogP contribution in [0.3, 0.4) is 0 Å². The number of nitrogens with zero attached hydrogens (tertiary/aromatic N) is 2. The molecule has 0 bridgehead atoms. The quantitative estimate of drug-likeness (QED) is 0.465. The van der Waals surface area contributed by atoms with E-state index >= 15 is 0 Å². The highest BCUT2D eigenvalue weighted by Gasteiger charge is 2.41. The third kappa shape index (κ3) is 2.93. The van der Waals surface area contributed by atoms with Crippen molar-refractivity contribution in [2.75, 3.05) is 0 Å². The monoisotopic (exact) mass is 438 g/mol. The number of ether oxygens (including phenoxy) is 1. The zero-order chi connectivity index (χ0) is 18.4. The number of hydrogen-bond donors (Lipinski definition) is 0. The lowest BCUT2D eigenvalue weighted by molar-refractivity contribution is -0.0195. The van der Waals surface area contributed by atoms with Crippen LogP contribution in [0, 0.1) is 0 Å². The van der Waals surface area contributed by atoms with E-state index < -0.39 is 0 Å². The van der Waals surface area contributed by atoms with Crippen molar-refractivity contribution in [3.8, 4) is 5.75 Å². The lowest BCUT2D eigenvalue weighted by Gasteiger charge is -2.38. The molecule has 0 fully saturated rings. The minimum Gasteiger partial charge on any atom is -0.464 e. The third-order valence-electron chi connectivity index (χ3n) is 5.05. The van der Waals surface area contributed by atoms with Gasteiger partial charge in [-0.2, -0.15) is 5.10 Å². The molecule has 3 nitrogen and oxygen atoms in total. The Balaban J connectivity index is 1.61. The van der Waals surface area contributed by atoms with E-state index in [4.69, 9.17) is 21.4 Å². The first-order valence-electron chi connectivity index (χ1n) is 8.82. The molecule has 2 heterocycles. The van der Waals surface area contributed by atoms with Crippen LogP contribution in [0.25, 0.3) is 0 Å². The SMILES string of the molecule is Clc1ccc(C2=NN3[C@@H](C2)c2ccccc2O[C@H]3c2ccccc2Br)cc1. The Morgan fingerprint density at radius 2 is 1.63 bits per heavy atom. The van der Waals surface area contributed by atoms with Gasteiger partial charge in [0.1, 0.15) is 5.75 Å².